The van der Waals surface area contributed by atoms with Gasteiger partial charge in [0.25, 0.3) is 0 Å². The van der Waals surface area contributed by atoms with E-state index in [4.69, 9.17) is 15.0 Å². The molecule has 0 aliphatic carbocycles. The number of nitrogens with zero attached hydrogens (tertiary/aromatic N) is 2. The normalized spacial score (nSPS) is 13.9. The average Bonchev–Trinajstić information content (AvgIpc) is 2.85. The molecule has 0 amide bonds. The predicted octanol–water partition coefficient (Wildman–Crippen LogP) is 2.53. The van der Waals surface area contributed by atoms with Crippen LogP contribution in [0.2, 0.25) is 0 Å². The third-order valence-electron chi connectivity index (χ3n) is 3.17. The average molecular weight is 241 g/mol. The van der Waals surface area contributed by atoms with Crippen LogP contribution in [-0.2, 0) is 10.3 Å². The summed E-state index contributed by atoms with van der Waals surface area (Å²) in [6.07, 6.45) is 2.41. The summed E-state index contributed by atoms with van der Waals surface area (Å²) in [6, 6.07) is -0.190. The van der Waals surface area contributed by atoms with Crippen LogP contribution >= 0.6 is 0 Å². The number of nitrogens with two attached hydrogens (primary N) is 1. The second-order valence-corrected chi connectivity index (χ2v) is 4.11. The van der Waals surface area contributed by atoms with E-state index in [0.717, 1.165) is 19.3 Å². The van der Waals surface area contributed by atoms with Crippen molar-refractivity contribution in [1.29, 1.82) is 0 Å². The van der Waals surface area contributed by atoms with Crippen LogP contribution in [0.15, 0.2) is 4.52 Å². The van der Waals surface area contributed by atoms with Gasteiger partial charge in [-0.3, -0.25) is 0 Å². The molecule has 0 aliphatic rings. The molecule has 0 fully saturated rings. The smallest absolute Gasteiger partial charge is 0.243 e. The minimum atomic E-state index is -0.441. The maximum absolute atomic E-state index is 5.87. The fraction of sp³-hybridized carbons (Fsp3) is 0.833. The van der Waals surface area contributed by atoms with E-state index in [1.54, 1.807) is 0 Å². The number of hydrogen-bond donors (Lipinski definition) is 1. The van der Waals surface area contributed by atoms with Crippen LogP contribution in [0.25, 0.3) is 0 Å². The van der Waals surface area contributed by atoms with Gasteiger partial charge in [-0.2, -0.15) is 4.98 Å². The van der Waals surface area contributed by atoms with Crippen LogP contribution in [0, 0.1) is 0 Å². The number of aromatic nitrogens is 2. The number of ether oxygens (including phenoxy) is 1. The Bertz CT molecular complexity index is 334. The fourth-order valence-electron chi connectivity index (χ4n) is 1.86. The van der Waals surface area contributed by atoms with Gasteiger partial charge in [-0.1, -0.05) is 25.9 Å². The summed E-state index contributed by atoms with van der Waals surface area (Å²) in [6.45, 7) is 8.72. The van der Waals surface area contributed by atoms with E-state index in [1.165, 1.54) is 0 Å². The molecule has 98 valence electrons. The van der Waals surface area contributed by atoms with Crippen molar-refractivity contribution in [2.24, 2.45) is 5.73 Å². The largest absolute Gasteiger partial charge is 0.367 e. The van der Waals surface area contributed by atoms with Crippen molar-refractivity contribution in [3.8, 4) is 0 Å². The molecule has 1 rings (SSSR count). The lowest BCUT2D eigenvalue weighted by molar-refractivity contribution is -0.0583. The molecule has 5 heteroatoms. The van der Waals surface area contributed by atoms with E-state index in [-0.39, 0.29) is 6.04 Å². The number of rotatable bonds is 7. The zero-order chi connectivity index (χ0) is 12.9. The molecule has 1 aromatic rings. The Morgan fingerprint density at radius 2 is 1.94 bits per heavy atom. The lowest BCUT2D eigenvalue weighted by atomic mass is 9.96. The lowest BCUT2D eigenvalue weighted by Gasteiger charge is -2.27. The zero-order valence-corrected chi connectivity index (χ0v) is 11.2. The summed E-state index contributed by atoms with van der Waals surface area (Å²) in [5.41, 5.74) is 5.43. The summed E-state index contributed by atoms with van der Waals surface area (Å²) in [5, 5.41) is 4.03. The summed E-state index contributed by atoms with van der Waals surface area (Å²) in [5.74, 6) is 1.11. The Morgan fingerprint density at radius 3 is 2.41 bits per heavy atom. The Balaban J connectivity index is 2.99. The summed E-state index contributed by atoms with van der Waals surface area (Å²) in [7, 11) is 0. The highest BCUT2D eigenvalue weighted by Crippen LogP contribution is 2.31. The highest BCUT2D eigenvalue weighted by Gasteiger charge is 2.34. The zero-order valence-electron chi connectivity index (χ0n) is 11.2. The number of hydrogen-bond acceptors (Lipinski definition) is 5. The summed E-state index contributed by atoms with van der Waals surface area (Å²) in [4.78, 5) is 4.39. The maximum atomic E-state index is 5.87. The van der Waals surface area contributed by atoms with Gasteiger partial charge in [-0.25, -0.2) is 0 Å². The fourth-order valence-corrected chi connectivity index (χ4v) is 1.86. The molecule has 1 atom stereocenters. The Kier molecular flexibility index (Phi) is 5.08. The molecule has 1 heterocycles. The lowest BCUT2D eigenvalue weighted by Crippen LogP contribution is -2.30. The van der Waals surface area contributed by atoms with Gasteiger partial charge >= 0.3 is 0 Å². The van der Waals surface area contributed by atoms with Gasteiger partial charge in [-0.15, -0.1) is 0 Å². The van der Waals surface area contributed by atoms with Gasteiger partial charge in [0, 0.05) is 6.61 Å². The highest BCUT2D eigenvalue weighted by atomic mass is 16.5. The van der Waals surface area contributed by atoms with Gasteiger partial charge in [0.15, 0.2) is 0 Å². The van der Waals surface area contributed by atoms with E-state index in [9.17, 15) is 0 Å². The molecule has 0 radical (unpaired) electrons. The first-order valence-corrected chi connectivity index (χ1v) is 6.37. The predicted molar refractivity (Wildman–Crippen MR) is 65.4 cm³/mol. The molecular formula is C12H23N3O2. The molecule has 0 bridgehead atoms. The Morgan fingerprint density at radius 1 is 1.29 bits per heavy atom. The molecule has 17 heavy (non-hydrogen) atoms. The standard InChI is InChI=1S/C12H23N3O2/c1-5-9(13)10-14-11(15-17-10)12(6-2,7-3)16-8-4/h9H,5-8,13H2,1-4H3/t9-/m1/s1. The first-order valence-electron chi connectivity index (χ1n) is 6.37. The molecule has 0 aliphatic heterocycles. The molecule has 0 saturated heterocycles. The second-order valence-electron chi connectivity index (χ2n) is 4.11. The van der Waals surface area contributed by atoms with Crippen molar-refractivity contribution >= 4 is 0 Å². The van der Waals surface area contributed by atoms with Crippen LogP contribution < -0.4 is 5.73 Å². The van der Waals surface area contributed by atoms with Gasteiger partial charge in [-0.05, 0) is 26.2 Å². The van der Waals surface area contributed by atoms with Crippen molar-refractivity contribution in [2.45, 2.75) is 58.6 Å². The molecule has 0 aromatic carbocycles. The summed E-state index contributed by atoms with van der Waals surface area (Å²) < 4.78 is 11.0. The van der Waals surface area contributed by atoms with E-state index in [2.05, 4.69) is 24.0 Å². The molecule has 2 N–H and O–H groups in total. The highest BCUT2D eigenvalue weighted by molar-refractivity contribution is 5.02. The first-order chi connectivity index (χ1) is 8.13. The maximum Gasteiger partial charge on any atom is 0.243 e. The van der Waals surface area contributed by atoms with Crippen LogP contribution in [0.3, 0.4) is 0 Å². The van der Waals surface area contributed by atoms with Crippen molar-refractivity contribution in [3.63, 3.8) is 0 Å². The molecule has 0 unspecified atom stereocenters. The first kappa shape index (κ1) is 14.1. The Labute approximate surface area is 103 Å². The van der Waals surface area contributed by atoms with Crippen molar-refractivity contribution < 1.29 is 9.26 Å². The van der Waals surface area contributed by atoms with E-state index in [0.29, 0.717) is 18.3 Å². The van der Waals surface area contributed by atoms with Crippen LogP contribution in [0.1, 0.15) is 64.7 Å². The van der Waals surface area contributed by atoms with Crippen LogP contribution in [-0.4, -0.2) is 16.7 Å². The van der Waals surface area contributed by atoms with Crippen LogP contribution in [0.4, 0.5) is 0 Å². The van der Waals surface area contributed by atoms with E-state index >= 15 is 0 Å². The minimum absolute atomic E-state index is 0.190. The van der Waals surface area contributed by atoms with Crippen molar-refractivity contribution in [2.75, 3.05) is 6.61 Å². The molecule has 1 aromatic heterocycles. The van der Waals surface area contributed by atoms with Gasteiger partial charge in [0.05, 0.1) is 6.04 Å². The van der Waals surface area contributed by atoms with E-state index in [1.807, 2.05) is 13.8 Å². The van der Waals surface area contributed by atoms with Gasteiger partial charge in [0.1, 0.15) is 5.60 Å². The quantitative estimate of drug-likeness (QED) is 0.794. The molecular weight excluding hydrogens is 218 g/mol. The SMILES string of the molecule is CCOC(CC)(CC)c1noc([C@H](N)CC)n1. The topological polar surface area (TPSA) is 74.2 Å². The third-order valence-corrected chi connectivity index (χ3v) is 3.17. The van der Waals surface area contributed by atoms with Crippen molar-refractivity contribution in [1.82, 2.24) is 10.1 Å². The monoisotopic (exact) mass is 241 g/mol. The van der Waals surface area contributed by atoms with Crippen molar-refractivity contribution in [3.05, 3.63) is 11.7 Å². The summed E-state index contributed by atoms with van der Waals surface area (Å²) >= 11 is 0. The van der Waals surface area contributed by atoms with E-state index < -0.39 is 5.60 Å². The molecule has 5 nitrogen and oxygen atoms in total. The third kappa shape index (κ3) is 2.84. The van der Waals surface area contributed by atoms with Crippen LogP contribution in [0.5, 0.6) is 0 Å². The van der Waals surface area contributed by atoms with Gasteiger partial charge in [0.2, 0.25) is 11.7 Å². The Hall–Kier alpha value is -0.940. The minimum Gasteiger partial charge on any atom is -0.367 e. The molecule has 0 saturated carbocycles. The second kappa shape index (κ2) is 6.12. The molecule has 0 spiro atoms. The van der Waals surface area contributed by atoms with Gasteiger partial charge < -0.3 is 15.0 Å².